The normalized spacial score (nSPS) is 22.1. The summed E-state index contributed by atoms with van der Waals surface area (Å²) in [5, 5.41) is 0.728. The highest BCUT2D eigenvalue weighted by molar-refractivity contribution is 9.10. The Bertz CT molecular complexity index is 423. The Morgan fingerprint density at radius 1 is 1.39 bits per heavy atom. The first-order valence-corrected chi connectivity index (χ1v) is 7.76. The van der Waals surface area contributed by atoms with Crippen molar-refractivity contribution >= 4 is 31.9 Å². The lowest BCUT2D eigenvalue weighted by atomic mass is 10.1. The fourth-order valence-electron chi connectivity index (χ4n) is 2.14. The molecular formula is C13H14Br2F2O. The van der Waals surface area contributed by atoms with Gasteiger partial charge in [-0.3, -0.25) is 0 Å². The number of rotatable bonds is 4. The molecule has 1 aromatic rings. The van der Waals surface area contributed by atoms with Gasteiger partial charge in [0, 0.05) is 22.6 Å². The summed E-state index contributed by atoms with van der Waals surface area (Å²) in [5.41, 5.74) is 1.09. The van der Waals surface area contributed by atoms with E-state index in [1.54, 1.807) is 0 Å². The molecule has 1 saturated carbocycles. The summed E-state index contributed by atoms with van der Waals surface area (Å²) < 4.78 is 32.7. The van der Waals surface area contributed by atoms with Gasteiger partial charge < -0.3 is 4.74 Å². The molecule has 0 radical (unpaired) electrons. The minimum Gasteiger partial charge on any atom is -0.493 e. The van der Waals surface area contributed by atoms with Crippen LogP contribution in [0.25, 0.3) is 0 Å². The molecule has 0 heterocycles. The third kappa shape index (κ3) is 3.67. The fourth-order valence-corrected chi connectivity index (χ4v) is 3.37. The van der Waals surface area contributed by atoms with Crippen molar-refractivity contribution in [1.82, 2.24) is 0 Å². The van der Waals surface area contributed by atoms with Crippen LogP contribution in [0.2, 0.25) is 0 Å². The molecule has 1 nitrogen and oxygen atoms in total. The maximum Gasteiger partial charge on any atom is 0.248 e. The molecule has 1 unspecified atom stereocenters. The van der Waals surface area contributed by atoms with Crippen molar-refractivity contribution < 1.29 is 13.5 Å². The average molecular weight is 384 g/mol. The van der Waals surface area contributed by atoms with Crippen molar-refractivity contribution in [1.29, 1.82) is 0 Å². The van der Waals surface area contributed by atoms with Gasteiger partial charge in [0.25, 0.3) is 0 Å². The van der Waals surface area contributed by atoms with Crippen molar-refractivity contribution in [3.63, 3.8) is 0 Å². The molecule has 0 spiro atoms. The number of halogens is 4. The van der Waals surface area contributed by atoms with E-state index in [9.17, 15) is 8.78 Å². The lowest BCUT2D eigenvalue weighted by Gasteiger charge is -2.13. The SMILES string of the molecule is FC1(F)CCC(COc2ccc(Br)c(CBr)c2)C1. The Morgan fingerprint density at radius 3 is 2.78 bits per heavy atom. The third-order valence-electron chi connectivity index (χ3n) is 3.15. The Labute approximate surface area is 122 Å². The molecule has 1 fully saturated rings. The van der Waals surface area contributed by atoms with Gasteiger partial charge in [-0.1, -0.05) is 31.9 Å². The van der Waals surface area contributed by atoms with Crippen LogP contribution in [0.1, 0.15) is 24.8 Å². The zero-order valence-electron chi connectivity index (χ0n) is 9.77. The minimum absolute atomic E-state index is 0.00594. The second kappa shape index (κ2) is 5.87. The quantitative estimate of drug-likeness (QED) is 0.652. The molecule has 2 rings (SSSR count). The Hall–Kier alpha value is -0.160. The Kier molecular flexibility index (Phi) is 4.64. The van der Waals surface area contributed by atoms with Crippen LogP contribution < -0.4 is 4.74 Å². The molecule has 18 heavy (non-hydrogen) atoms. The van der Waals surface area contributed by atoms with Crippen LogP contribution in [-0.2, 0) is 5.33 Å². The Balaban J connectivity index is 1.91. The number of ether oxygens (including phenoxy) is 1. The van der Waals surface area contributed by atoms with Crippen LogP contribution in [0.5, 0.6) is 5.75 Å². The van der Waals surface area contributed by atoms with Crippen LogP contribution >= 0.6 is 31.9 Å². The van der Waals surface area contributed by atoms with Crippen molar-refractivity contribution in [2.75, 3.05) is 6.61 Å². The van der Waals surface area contributed by atoms with Crippen LogP contribution in [-0.4, -0.2) is 12.5 Å². The van der Waals surface area contributed by atoms with Gasteiger partial charge >= 0.3 is 0 Å². The van der Waals surface area contributed by atoms with Crippen molar-refractivity contribution in [2.24, 2.45) is 5.92 Å². The summed E-state index contributed by atoms with van der Waals surface area (Å²) in [6.07, 6.45) is 0.498. The molecule has 1 aliphatic rings. The maximum atomic E-state index is 13.0. The van der Waals surface area contributed by atoms with E-state index in [1.807, 2.05) is 18.2 Å². The van der Waals surface area contributed by atoms with Gasteiger partial charge in [0.2, 0.25) is 5.92 Å². The number of hydrogen-bond acceptors (Lipinski definition) is 1. The molecule has 100 valence electrons. The first-order valence-electron chi connectivity index (χ1n) is 5.85. The summed E-state index contributed by atoms with van der Waals surface area (Å²) in [6, 6.07) is 5.68. The van der Waals surface area contributed by atoms with E-state index in [2.05, 4.69) is 31.9 Å². The summed E-state index contributed by atoms with van der Waals surface area (Å²) in [4.78, 5) is 0. The average Bonchev–Trinajstić information content (AvgIpc) is 2.68. The monoisotopic (exact) mass is 382 g/mol. The zero-order chi connectivity index (χ0) is 13.2. The van der Waals surface area contributed by atoms with Crippen LogP contribution in [0.15, 0.2) is 22.7 Å². The molecule has 1 aliphatic carbocycles. The van der Waals surface area contributed by atoms with Gasteiger partial charge in [-0.15, -0.1) is 0 Å². The molecule has 5 heteroatoms. The standard InChI is InChI=1S/C13H14Br2F2O/c14-7-10-5-11(1-2-12(10)15)18-8-9-3-4-13(16,17)6-9/h1-2,5,9H,3-4,6-8H2. The summed E-state index contributed by atoms with van der Waals surface area (Å²) in [6.45, 7) is 0.374. The van der Waals surface area contributed by atoms with E-state index < -0.39 is 5.92 Å². The first-order chi connectivity index (χ1) is 8.50. The third-order valence-corrected chi connectivity index (χ3v) is 4.53. The van der Waals surface area contributed by atoms with E-state index in [0.717, 1.165) is 21.1 Å². The summed E-state index contributed by atoms with van der Waals surface area (Å²) >= 11 is 6.83. The van der Waals surface area contributed by atoms with E-state index in [-0.39, 0.29) is 18.8 Å². The molecular weight excluding hydrogens is 370 g/mol. The van der Waals surface area contributed by atoms with Crippen molar-refractivity contribution in [3.05, 3.63) is 28.2 Å². The van der Waals surface area contributed by atoms with Crippen LogP contribution in [0.3, 0.4) is 0 Å². The second-order valence-electron chi connectivity index (χ2n) is 4.66. The van der Waals surface area contributed by atoms with E-state index >= 15 is 0 Å². The Morgan fingerprint density at radius 2 is 2.17 bits per heavy atom. The van der Waals surface area contributed by atoms with E-state index in [0.29, 0.717) is 13.0 Å². The van der Waals surface area contributed by atoms with Gasteiger partial charge in [-0.25, -0.2) is 8.78 Å². The van der Waals surface area contributed by atoms with Crippen LogP contribution in [0.4, 0.5) is 8.78 Å². The predicted octanol–water partition coefficient (Wildman–Crippen LogP) is 5.16. The maximum absolute atomic E-state index is 13.0. The van der Waals surface area contributed by atoms with E-state index in [4.69, 9.17) is 4.74 Å². The fraction of sp³-hybridized carbons (Fsp3) is 0.538. The zero-order valence-corrected chi connectivity index (χ0v) is 12.9. The molecule has 0 amide bonds. The molecule has 0 N–H and O–H groups in total. The number of hydrogen-bond donors (Lipinski definition) is 0. The highest BCUT2D eigenvalue weighted by Gasteiger charge is 2.39. The van der Waals surface area contributed by atoms with Crippen molar-refractivity contribution in [3.8, 4) is 5.75 Å². The smallest absolute Gasteiger partial charge is 0.248 e. The van der Waals surface area contributed by atoms with Gasteiger partial charge in [-0.05, 0) is 36.1 Å². The van der Waals surface area contributed by atoms with Crippen molar-refractivity contribution in [2.45, 2.75) is 30.5 Å². The topological polar surface area (TPSA) is 9.23 Å². The second-order valence-corrected chi connectivity index (χ2v) is 6.08. The van der Waals surface area contributed by atoms with Gasteiger partial charge in [0.05, 0.1) is 6.61 Å². The largest absolute Gasteiger partial charge is 0.493 e. The highest BCUT2D eigenvalue weighted by Crippen LogP contribution is 2.39. The summed E-state index contributed by atoms with van der Waals surface area (Å²) in [7, 11) is 0. The molecule has 1 aromatic carbocycles. The van der Waals surface area contributed by atoms with Gasteiger partial charge in [0.1, 0.15) is 5.75 Å². The number of alkyl halides is 3. The summed E-state index contributed by atoms with van der Waals surface area (Å²) in [5.74, 6) is -1.78. The number of benzene rings is 1. The molecule has 0 bridgehead atoms. The van der Waals surface area contributed by atoms with E-state index in [1.165, 1.54) is 0 Å². The molecule has 1 atom stereocenters. The predicted molar refractivity (Wildman–Crippen MR) is 74.6 cm³/mol. The molecule has 0 saturated heterocycles. The highest BCUT2D eigenvalue weighted by atomic mass is 79.9. The van der Waals surface area contributed by atoms with Gasteiger partial charge in [-0.2, -0.15) is 0 Å². The minimum atomic E-state index is -2.49. The lowest BCUT2D eigenvalue weighted by Crippen LogP contribution is -2.13. The first kappa shape index (κ1) is 14.3. The molecule has 0 aliphatic heterocycles. The lowest BCUT2D eigenvalue weighted by molar-refractivity contribution is 0.00292. The van der Waals surface area contributed by atoms with Crippen LogP contribution in [0, 0.1) is 5.92 Å². The van der Waals surface area contributed by atoms with Gasteiger partial charge in [0.15, 0.2) is 0 Å². The molecule has 0 aromatic heterocycles.